The predicted octanol–water partition coefficient (Wildman–Crippen LogP) is 1.13. The number of anilines is 1. The van der Waals surface area contributed by atoms with Gasteiger partial charge in [-0.25, -0.2) is 0 Å². The third-order valence-electron chi connectivity index (χ3n) is 2.75. The molecule has 0 aliphatic carbocycles. The van der Waals surface area contributed by atoms with E-state index in [2.05, 4.69) is 5.10 Å². The van der Waals surface area contributed by atoms with Gasteiger partial charge >= 0.3 is 0 Å². The summed E-state index contributed by atoms with van der Waals surface area (Å²) in [4.78, 5) is 13.7. The fraction of sp³-hybridized carbons (Fsp3) is 0.600. The third kappa shape index (κ3) is 2.47. The van der Waals surface area contributed by atoms with E-state index in [0.717, 1.165) is 25.9 Å². The first-order valence-electron chi connectivity index (χ1n) is 5.43. The summed E-state index contributed by atoms with van der Waals surface area (Å²) in [6.45, 7) is 1.92. The topological polar surface area (TPSA) is 64.1 Å². The number of carbonyl (C=O) groups is 1. The van der Waals surface area contributed by atoms with Gasteiger partial charge in [0.05, 0.1) is 0 Å². The van der Waals surface area contributed by atoms with Crippen molar-refractivity contribution >= 4 is 23.3 Å². The van der Waals surface area contributed by atoms with Gasteiger partial charge in [-0.05, 0) is 19.3 Å². The van der Waals surface area contributed by atoms with E-state index in [1.165, 1.54) is 11.1 Å². The number of aromatic nitrogens is 2. The molecule has 2 N–H and O–H groups in total. The maximum Gasteiger partial charge on any atom is 0.244 e. The number of hydrogen-bond acceptors (Lipinski definition) is 3. The van der Waals surface area contributed by atoms with Crippen molar-refractivity contribution in [2.24, 2.45) is 0 Å². The number of likely N-dealkylation sites (tertiary alicyclic amines) is 1. The summed E-state index contributed by atoms with van der Waals surface area (Å²) in [5.74, 6) is 0.354. The molecule has 0 radical (unpaired) electrons. The molecule has 1 aliphatic rings. The van der Waals surface area contributed by atoms with Crippen molar-refractivity contribution in [2.45, 2.75) is 25.8 Å². The molecule has 1 aromatic heterocycles. The van der Waals surface area contributed by atoms with E-state index in [1.54, 1.807) is 6.20 Å². The standard InChI is InChI=1S/C10H15ClN4O/c11-8-6-15(13-10(8)12)7-9(16)14-4-2-1-3-5-14/h6H,1-5,7H2,(H2,12,13). The molecule has 1 aromatic rings. The van der Waals surface area contributed by atoms with Gasteiger partial charge in [0.2, 0.25) is 5.91 Å². The summed E-state index contributed by atoms with van der Waals surface area (Å²) in [5, 5.41) is 4.35. The first-order valence-corrected chi connectivity index (χ1v) is 5.81. The average Bonchev–Trinajstić information content (AvgIpc) is 2.59. The summed E-state index contributed by atoms with van der Waals surface area (Å²) >= 11 is 5.77. The number of rotatable bonds is 2. The number of hydrogen-bond donors (Lipinski definition) is 1. The quantitative estimate of drug-likeness (QED) is 0.846. The SMILES string of the molecule is Nc1nn(CC(=O)N2CCCCC2)cc1Cl. The highest BCUT2D eigenvalue weighted by Gasteiger charge is 2.17. The molecule has 0 aromatic carbocycles. The molecule has 2 rings (SSSR count). The van der Waals surface area contributed by atoms with Crippen molar-refractivity contribution in [3.8, 4) is 0 Å². The molecule has 2 heterocycles. The van der Waals surface area contributed by atoms with Crippen LogP contribution < -0.4 is 5.73 Å². The van der Waals surface area contributed by atoms with Gasteiger partial charge in [-0.3, -0.25) is 9.48 Å². The third-order valence-corrected chi connectivity index (χ3v) is 3.04. The van der Waals surface area contributed by atoms with Crippen LogP contribution in [0.3, 0.4) is 0 Å². The molecule has 1 amide bonds. The van der Waals surface area contributed by atoms with Crippen LogP contribution in [0, 0.1) is 0 Å². The predicted molar refractivity (Wildman–Crippen MR) is 62.1 cm³/mol. The smallest absolute Gasteiger partial charge is 0.244 e. The van der Waals surface area contributed by atoms with Gasteiger partial charge in [-0.2, -0.15) is 5.10 Å². The molecule has 1 saturated heterocycles. The lowest BCUT2D eigenvalue weighted by Gasteiger charge is -2.26. The largest absolute Gasteiger partial charge is 0.381 e. The van der Waals surface area contributed by atoms with Gasteiger partial charge in [-0.15, -0.1) is 0 Å². The van der Waals surface area contributed by atoms with Crippen LogP contribution in [0.15, 0.2) is 6.20 Å². The molecule has 0 saturated carbocycles. The molecular formula is C10H15ClN4O. The normalized spacial score (nSPS) is 16.4. The summed E-state index contributed by atoms with van der Waals surface area (Å²) in [6.07, 6.45) is 4.98. The maximum absolute atomic E-state index is 11.9. The molecule has 0 spiro atoms. The first kappa shape index (κ1) is 11.3. The Kier molecular flexibility index (Phi) is 3.33. The highest BCUT2D eigenvalue weighted by atomic mass is 35.5. The number of piperidine rings is 1. The second-order valence-corrected chi connectivity index (χ2v) is 4.41. The lowest BCUT2D eigenvalue weighted by atomic mass is 10.1. The van der Waals surface area contributed by atoms with Gasteiger partial charge in [0.15, 0.2) is 5.82 Å². The second-order valence-electron chi connectivity index (χ2n) is 4.00. The molecule has 1 fully saturated rings. The fourth-order valence-corrected chi connectivity index (χ4v) is 2.03. The summed E-state index contributed by atoms with van der Waals surface area (Å²) in [7, 11) is 0. The molecule has 0 unspecified atom stereocenters. The number of halogens is 1. The van der Waals surface area contributed by atoms with E-state index >= 15 is 0 Å². The maximum atomic E-state index is 11.9. The molecule has 88 valence electrons. The minimum Gasteiger partial charge on any atom is -0.381 e. The average molecular weight is 243 g/mol. The highest BCUT2D eigenvalue weighted by Crippen LogP contribution is 2.15. The molecule has 5 nitrogen and oxygen atoms in total. The van der Waals surface area contributed by atoms with Gasteiger partial charge in [-0.1, -0.05) is 11.6 Å². The molecule has 6 heteroatoms. The van der Waals surface area contributed by atoms with Crippen molar-refractivity contribution in [3.05, 3.63) is 11.2 Å². The van der Waals surface area contributed by atoms with Gasteiger partial charge < -0.3 is 10.6 Å². The Morgan fingerprint density at radius 3 is 2.69 bits per heavy atom. The molecule has 16 heavy (non-hydrogen) atoms. The summed E-state index contributed by atoms with van der Waals surface area (Å²) < 4.78 is 1.49. The van der Waals surface area contributed by atoms with Gasteiger partial charge in [0.1, 0.15) is 11.6 Å². The fourth-order valence-electron chi connectivity index (χ4n) is 1.87. The Morgan fingerprint density at radius 1 is 1.44 bits per heavy atom. The molecular weight excluding hydrogens is 228 g/mol. The van der Waals surface area contributed by atoms with Crippen LogP contribution in [0.2, 0.25) is 5.02 Å². The lowest BCUT2D eigenvalue weighted by molar-refractivity contribution is -0.132. The van der Waals surface area contributed by atoms with Crippen LogP contribution in [0.4, 0.5) is 5.82 Å². The number of nitrogens with two attached hydrogens (primary N) is 1. The second kappa shape index (κ2) is 4.74. The Morgan fingerprint density at radius 2 is 2.12 bits per heavy atom. The van der Waals surface area contributed by atoms with Crippen LogP contribution in [-0.4, -0.2) is 33.7 Å². The van der Waals surface area contributed by atoms with Crippen molar-refractivity contribution in [3.63, 3.8) is 0 Å². The van der Waals surface area contributed by atoms with E-state index in [-0.39, 0.29) is 18.3 Å². The van der Waals surface area contributed by atoms with Gasteiger partial charge in [0.25, 0.3) is 0 Å². The molecule has 0 bridgehead atoms. The zero-order valence-electron chi connectivity index (χ0n) is 9.03. The van der Waals surface area contributed by atoms with Crippen molar-refractivity contribution in [1.29, 1.82) is 0 Å². The minimum atomic E-state index is 0.0823. The Balaban J connectivity index is 1.95. The van der Waals surface area contributed by atoms with E-state index in [0.29, 0.717) is 5.02 Å². The van der Waals surface area contributed by atoms with Crippen molar-refractivity contribution in [1.82, 2.24) is 14.7 Å². The summed E-state index contributed by atoms with van der Waals surface area (Å²) in [6, 6.07) is 0. The highest BCUT2D eigenvalue weighted by molar-refractivity contribution is 6.32. The van der Waals surface area contributed by atoms with E-state index < -0.39 is 0 Å². The zero-order valence-corrected chi connectivity index (χ0v) is 9.78. The Hall–Kier alpha value is -1.23. The Bertz CT molecular complexity index is 365. The van der Waals surface area contributed by atoms with Crippen LogP contribution >= 0.6 is 11.6 Å². The van der Waals surface area contributed by atoms with Gasteiger partial charge in [0, 0.05) is 19.3 Å². The first-order chi connectivity index (χ1) is 7.66. The number of nitrogen functional groups attached to an aromatic ring is 1. The van der Waals surface area contributed by atoms with Crippen LogP contribution in [0.5, 0.6) is 0 Å². The monoisotopic (exact) mass is 242 g/mol. The van der Waals surface area contributed by atoms with Crippen LogP contribution in [-0.2, 0) is 11.3 Å². The van der Waals surface area contributed by atoms with E-state index in [9.17, 15) is 4.79 Å². The summed E-state index contributed by atoms with van der Waals surface area (Å²) in [5.41, 5.74) is 5.51. The van der Waals surface area contributed by atoms with Crippen LogP contribution in [0.1, 0.15) is 19.3 Å². The number of amides is 1. The molecule has 0 atom stereocenters. The van der Waals surface area contributed by atoms with E-state index in [4.69, 9.17) is 17.3 Å². The number of nitrogens with zero attached hydrogens (tertiary/aromatic N) is 3. The Labute approximate surface area is 99.2 Å². The van der Waals surface area contributed by atoms with Crippen LogP contribution in [0.25, 0.3) is 0 Å². The van der Waals surface area contributed by atoms with Crippen molar-refractivity contribution < 1.29 is 4.79 Å². The zero-order chi connectivity index (χ0) is 11.5. The molecule has 1 aliphatic heterocycles. The minimum absolute atomic E-state index is 0.0823. The van der Waals surface area contributed by atoms with E-state index in [1.807, 2.05) is 4.90 Å². The number of carbonyl (C=O) groups excluding carboxylic acids is 1. The lowest BCUT2D eigenvalue weighted by Crippen LogP contribution is -2.37. The van der Waals surface area contributed by atoms with Crippen molar-refractivity contribution in [2.75, 3.05) is 18.8 Å².